The van der Waals surface area contributed by atoms with Crippen LogP contribution in [0.4, 0.5) is 13.2 Å². The van der Waals surface area contributed by atoms with E-state index in [2.05, 4.69) is 0 Å². The van der Waals surface area contributed by atoms with Crippen molar-refractivity contribution < 1.29 is 37.4 Å². The summed E-state index contributed by atoms with van der Waals surface area (Å²) in [6.07, 6.45) is -4.79. The molecule has 0 aliphatic carbocycles. The van der Waals surface area contributed by atoms with Crippen molar-refractivity contribution in [2.45, 2.75) is 31.7 Å². The molecule has 0 aromatic heterocycles. The second-order valence-electron chi connectivity index (χ2n) is 4.51. The van der Waals surface area contributed by atoms with E-state index in [9.17, 15) is 22.8 Å². The van der Waals surface area contributed by atoms with E-state index in [1.165, 1.54) is 0 Å². The van der Waals surface area contributed by atoms with E-state index in [-0.39, 0.29) is 19.4 Å². The van der Waals surface area contributed by atoms with Crippen molar-refractivity contribution in [3.8, 4) is 0 Å². The Kier molecular flexibility index (Phi) is 9.10. The maximum atomic E-state index is 11.4. The number of benzene rings is 1. The first-order valence-electron chi connectivity index (χ1n) is 6.58. The summed E-state index contributed by atoms with van der Waals surface area (Å²) >= 11 is 0. The van der Waals surface area contributed by atoms with Gasteiger partial charge in [-0.25, -0.2) is 4.79 Å². The molecule has 0 saturated heterocycles. The highest BCUT2D eigenvalue weighted by Gasteiger charge is 2.38. The second-order valence-corrected chi connectivity index (χ2v) is 4.51. The molecule has 24 heavy (non-hydrogen) atoms. The molecule has 1 aromatic rings. The maximum absolute atomic E-state index is 11.4. The molecule has 1 unspecified atom stereocenters. The third kappa shape index (κ3) is 10.2. The quantitative estimate of drug-likeness (QED) is 0.655. The molecule has 0 saturated carbocycles. The number of carbonyl (C=O) groups is 3. The van der Waals surface area contributed by atoms with Crippen LogP contribution in [0.5, 0.6) is 0 Å². The number of alkyl halides is 3. The van der Waals surface area contributed by atoms with Crippen LogP contribution in [-0.4, -0.2) is 35.2 Å². The number of hydrogen-bond acceptors (Lipinski definition) is 5. The van der Waals surface area contributed by atoms with Crippen molar-refractivity contribution in [3.63, 3.8) is 0 Å². The number of halogens is 3. The zero-order chi connectivity index (χ0) is 18.8. The Bertz CT molecular complexity index is 549. The highest BCUT2D eigenvalue weighted by atomic mass is 19.4. The lowest BCUT2D eigenvalue weighted by molar-refractivity contribution is -0.192. The van der Waals surface area contributed by atoms with E-state index in [0.717, 1.165) is 5.56 Å². The monoisotopic (exact) mass is 350 g/mol. The molecule has 134 valence electrons. The summed E-state index contributed by atoms with van der Waals surface area (Å²) in [4.78, 5) is 30.8. The lowest BCUT2D eigenvalue weighted by Gasteiger charge is -2.10. The fourth-order valence-corrected chi connectivity index (χ4v) is 1.25. The number of carboxylic acids is 1. The van der Waals surface area contributed by atoms with Gasteiger partial charge in [-0.05, 0) is 12.0 Å². The van der Waals surface area contributed by atoms with Crippen LogP contribution in [0.2, 0.25) is 0 Å². The van der Waals surface area contributed by atoms with E-state index in [4.69, 9.17) is 26.1 Å². The molecule has 0 bridgehead atoms. The molecule has 1 amide bonds. The topological polar surface area (TPSA) is 133 Å². The van der Waals surface area contributed by atoms with Crippen LogP contribution in [0, 0.1) is 0 Å². The van der Waals surface area contributed by atoms with E-state index in [1.54, 1.807) is 0 Å². The molecule has 0 fully saturated rings. The molecule has 10 heteroatoms. The number of esters is 1. The Hall–Kier alpha value is -2.62. The van der Waals surface area contributed by atoms with Crippen molar-refractivity contribution in [3.05, 3.63) is 35.9 Å². The fourth-order valence-electron chi connectivity index (χ4n) is 1.25. The third-order valence-corrected chi connectivity index (χ3v) is 2.47. The highest BCUT2D eigenvalue weighted by Crippen LogP contribution is 2.13. The van der Waals surface area contributed by atoms with Crippen molar-refractivity contribution in [2.24, 2.45) is 11.5 Å². The molecule has 7 nitrogen and oxygen atoms in total. The zero-order valence-electron chi connectivity index (χ0n) is 12.5. The zero-order valence-corrected chi connectivity index (χ0v) is 12.5. The van der Waals surface area contributed by atoms with Gasteiger partial charge in [0, 0.05) is 6.42 Å². The average Bonchev–Trinajstić information content (AvgIpc) is 2.50. The molecular weight excluding hydrogens is 333 g/mol. The molecule has 5 N–H and O–H groups in total. The Balaban J connectivity index is 0.000000640. The summed E-state index contributed by atoms with van der Waals surface area (Å²) in [7, 11) is 0. The summed E-state index contributed by atoms with van der Waals surface area (Å²) in [6.45, 7) is 0.184. The molecular formula is C14H17F3N2O5. The molecule has 0 radical (unpaired) electrons. The van der Waals surface area contributed by atoms with Crippen molar-refractivity contribution in [1.82, 2.24) is 0 Å². The molecule has 1 rings (SSSR count). The summed E-state index contributed by atoms with van der Waals surface area (Å²) in [5, 5.41) is 7.12. The average molecular weight is 350 g/mol. The summed E-state index contributed by atoms with van der Waals surface area (Å²) in [5.41, 5.74) is 11.4. The lowest BCUT2D eigenvalue weighted by atomic mass is 10.1. The molecule has 0 aliphatic heterocycles. The number of rotatable bonds is 6. The number of nitrogens with two attached hydrogens (primary N) is 2. The van der Waals surface area contributed by atoms with Crippen LogP contribution < -0.4 is 11.5 Å². The minimum absolute atomic E-state index is 0.0849. The van der Waals surface area contributed by atoms with Gasteiger partial charge < -0.3 is 21.3 Å². The van der Waals surface area contributed by atoms with Gasteiger partial charge >= 0.3 is 18.1 Å². The van der Waals surface area contributed by atoms with E-state index in [1.807, 2.05) is 30.3 Å². The number of carbonyl (C=O) groups excluding carboxylic acids is 2. The van der Waals surface area contributed by atoms with Gasteiger partial charge in [-0.2, -0.15) is 13.2 Å². The molecule has 1 atom stereocenters. The number of primary amides is 1. The largest absolute Gasteiger partial charge is 0.490 e. The number of ether oxygens (including phenoxy) is 1. The Morgan fingerprint density at radius 2 is 1.67 bits per heavy atom. The van der Waals surface area contributed by atoms with Gasteiger partial charge in [-0.3, -0.25) is 9.59 Å². The molecule has 0 heterocycles. The van der Waals surface area contributed by atoms with Crippen LogP contribution in [0.25, 0.3) is 0 Å². The van der Waals surface area contributed by atoms with Crippen molar-refractivity contribution >= 4 is 17.8 Å². The smallest absolute Gasteiger partial charge is 0.475 e. The summed E-state index contributed by atoms with van der Waals surface area (Å²) in [6, 6.07) is 8.49. The number of carboxylic acid groups (broad SMARTS) is 1. The van der Waals surface area contributed by atoms with Crippen molar-refractivity contribution in [2.75, 3.05) is 0 Å². The number of amides is 1. The van der Waals surface area contributed by atoms with Crippen LogP contribution >= 0.6 is 0 Å². The summed E-state index contributed by atoms with van der Waals surface area (Å²) in [5.74, 6) is -3.75. The highest BCUT2D eigenvalue weighted by molar-refractivity contribution is 5.78. The molecule has 0 spiro atoms. The van der Waals surface area contributed by atoms with E-state index < -0.39 is 30.1 Å². The number of aliphatic carboxylic acids is 1. The third-order valence-electron chi connectivity index (χ3n) is 2.47. The fraction of sp³-hybridized carbons (Fsp3) is 0.357. The number of hydrogen-bond donors (Lipinski definition) is 3. The van der Waals surface area contributed by atoms with Crippen LogP contribution in [-0.2, 0) is 25.7 Å². The van der Waals surface area contributed by atoms with E-state index in [0.29, 0.717) is 0 Å². The maximum Gasteiger partial charge on any atom is 0.490 e. The van der Waals surface area contributed by atoms with Gasteiger partial charge in [-0.1, -0.05) is 30.3 Å². The standard InChI is InChI=1S/C12H16N2O3.C2HF3O2/c13-10(6-7-11(14)15)12(16)17-8-9-4-2-1-3-5-9;3-2(4,5)1(6)7/h1-5,10H,6-8,13H2,(H2,14,15);(H,6,7). The van der Waals surface area contributed by atoms with Crippen LogP contribution in [0.3, 0.4) is 0 Å². The Morgan fingerprint density at radius 3 is 2.08 bits per heavy atom. The predicted octanol–water partition coefficient (Wildman–Crippen LogP) is 0.956. The van der Waals surface area contributed by atoms with Gasteiger partial charge in [0.1, 0.15) is 12.6 Å². The Morgan fingerprint density at radius 1 is 1.17 bits per heavy atom. The minimum atomic E-state index is -5.08. The van der Waals surface area contributed by atoms with Gasteiger partial charge in [0.05, 0.1) is 0 Å². The SMILES string of the molecule is NC(=O)CCC(N)C(=O)OCc1ccccc1.O=C(O)C(F)(F)F. The van der Waals surface area contributed by atoms with Gasteiger partial charge in [0.15, 0.2) is 0 Å². The summed E-state index contributed by atoms with van der Waals surface area (Å²) < 4.78 is 36.7. The first-order chi connectivity index (χ1) is 11.0. The normalized spacial score (nSPS) is 11.7. The lowest BCUT2D eigenvalue weighted by Crippen LogP contribution is -2.33. The van der Waals surface area contributed by atoms with Crippen LogP contribution in [0.1, 0.15) is 18.4 Å². The second kappa shape index (κ2) is 10.2. The Labute approximate surface area is 135 Å². The minimum Gasteiger partial charge on any atom is -0.475 e. The first-order valence-corrected chi connectivity index (χ1v) is 6.58. The van der Waals surface area contributed by atoms with Gasteiger partial charge in [0.2, 0.25) is 5.91 Å². The van der Waals surface area contributed by atoms with Gasteiger partial charge in [0.25, 0.3) is 0 Å². The predicted molar refractivity (Wildman–Crippen MR) is 76.3 cm³/mol. The molecule has 1 aromatic carbocycles. The van der Waals surface area contributed by atoms with Gasteiger partial charge in [-0.15, -0.1) is 0 Å². The van der Waals surface area contributed by atoms with Crippen molar-refractivity contribution in [1.29, 1.82) is 0 Å². The molecule has 0 aliphatic rings. The first kappa shape index (κ1) is 21.4. The van der Waals surface area contributed by atoms with E-state index >= 15 is 0 Å². The van der Waals surface area contributed by atoms with Crippen LogP contribution in [0.15, 0.2) is 30.3 Å².